The Kier molecular flexibility index (Phi) is 5.66. The Morgan fingerprint density at radius 1 is 1.12 bits per heavy atom. The molecule has 0 saturated carbocycles. The van der Waals surface area contributed by atoms with Crippen molar-refractivity contribution in [3.63, 3.8) is 0 Å². The van der Waals surface area contributed by atoms with E-state index in [1.165, 1.54) is 12.1 Å². The lowest BCUT2D eigenvalue weighted by atomic mass is 10.0. The lowest BCUT2D eigenvalue weighted by molar-refractivity contribution is -0.137. The van der Waals surface area contributed by atoms with Crippen LogP contribution in [0.15, 0.2) is 30.5 Å². The molecular weight excluding hydrogens is 421 g/mol. The van der Waals surface area contributed by atoms with E-state index in [2.05, 4.69) is 40.9 Å². The van der Waals surface area contributed by atoms with Crippen LogP contribution in [0, 0.1) is 6.92 Å². The Labute approximate surface area is 184 Å². The second-order valence-electron chi connectivity index (χ2n) is 8.20. The smallest absolute Gasteiger partial charge is 0.388 e. The number of halogens is 3. The molecule has 170 valence electrons. The molecule has 10 heteroatoms. The summed E-state index contributed by atoms with van der Waals surface area (Å²) in [4.78, 5) is 11.4. The molecule has 3 aromatic rings. The molecule has 0 aliphatic carbocycles. The van der Waals surface area contributed by atoms with E-state index in [4.69, 9.17) is 4.98 Å². The van der Waals surface area contributed by atoms with Crippen molar-refractivity contribution in [2.45, 2.75) is 64.9 Å². The van der Waals surface area contributed by atoms with E-state index >= 15 is 0 Å². The molecule has 4 rings (SSSR count). The topological polar surface area (TPSA) is 80.0 Å². The number of nitrogens with zero attached hydrogens (tertiary/aromatic N) is 6. The van der Waals surface area contributed by atoms with Crippen LogP contribution < -0.4 is 4.90 Å². The maximum absolute atomic E-state index is 12.8. The Morgan fingerprint density at radius 3 is 2.41 bits per heavy atom. The third-order valence-corrected chi connectivity index (χ3v) is 5.71. The number of aliphatic hydroxyl groups is 1. The SMILES string of the molecule is CC[C@@H]1c2nnc(C)n2-c2cnc(CC(O)c3ccc(C(F)(F)F)cc3)nc2N1C(C)C. The molecule has 2 aromatic heterocycles. The maximum Gasteiger partial charge on any atom is 0.416 e. The molecule has 1 aliphatic rings. The lowest BCUT2D eigenvalue weighted by Gasteiger charge is -2.39. The van der Waals surface area contributed by atoms with Crippen molar-refractivity contribution in [2.24, 2.45) is 0 Å². The largest absolute Gasteiger partial charge is 0.416 e. The summed E-state index contributed by atoms with van der Waals surface area (Å²) in [5.41, 5.74) is 0.397. The summed E-state index contributed by atoms with van der Waals surface area (Å²) in [7, 11) is 0. The Balaban J connectivity index is 1.67. The molecule has 0 bridgehead atoms. The molecule has 0 saturated heterocycles. The zero-order valence-electron chi connectivity index (χ0n) is 18.3. The van der Waals surface area contributed by atoms with Gasteiger partial charge in [-0.2, -0.15) is 13.2 Å². The summed E-state index contributed by atoms with van der Waals surface area (Å²) in [6.45, 7) is 8.10. The minimum absolute atomic E-state index is 0.00807. The average molecular weight is 446 g/mol. The Morgan fingerprint density at radius 2 is 1.81 bits per heavy atom. The van der Waals surface area contributed by atoms with Crippen molar-refractivity contribution >= 4 is 5.82 Å². The number of alkyl halides is 3. The van der Waals surface area contributed by atoms with Crippen molar-refractivity contribution < 1.29 is 18.3 Å². The van der Waals surface area contributed by atoms with E-state index in [0.29, 0.717) is 11.4 Å². The molecular formula is C22H25F3N6O. The zero-order chi connectivity index (χ0) is 23.2. The number of aromatic nitrogens is 5. The van der Waals surface area contributed by atoms with E-state index in [1.54, 1.807) is 6.20 Å². The first-order chi connectivity index (χ1) is 15.1. The number of benzene rings is 1. The predicted molar refractivity (Wildman–Crippen MR) is 112 cm³/mol. The van der Waals surface area contributed by atoms with Crippen LogP contribution in [-0.2, 0) is 12.6 Å². The molecule has 0 amide bonds. The van der Waals surface area contributed by atoms with Gasteiger partial charge in [-0.25, -0.2) is 9.97 Å². The van der Waals surface area contributed by atoms with Gasteiger partial charge in [0.25, 0.3) is 0 Å². The van der Waals surface area contributed by atoms with Gasteiger partial charge in [-0.15, -0.1) is 10.2 Å². The predicted octanol–water partition coefficient (Wildman–Crippen LogP) is 4.34. The van der Waals surface area contributed by atoms with Crippen molar-refractivity contribution in [3.8, 4) is 5.69 Å². The summed E-state index contributed by atoms with van der Waals surface area (Å²) < 4.78 is 40.4. The molecule has 0 fully saturated rings. The van der Waals surface area contributed by atoms with Gasteiger partial charge in [0.05, 0.1) is 23.9 Å². The molecule has 0 radical (unpaired) electrons. The summed E-state index contributed by atoms with van der Waals surface area (Å²) in [5, 5.41) is 19.2. The highest BCUT2D eigenvalue weighted by molar-refractivity contribution is 5.62. The van der Waals surface area contributed by atoms with Crippen molar-refractivity contribution in [3.05, 3.63) is 59.1 Å². The zero-order valence-corrected chi connectivity index (χ0v) is 18.3. The first-order valence-electron chi connectivity index (χ1n) is 10.5. The van der Waals surface area contributed by atoms with Gasteiger partial charge in [-0.05, 0) is 44.9 Å². The molecule has 1 N–H and O–H groups in total. The second-order valence-corrected chi connectivity index (χ2v) is 8.20. The van der Waals surface area contributed by atoms with Gasteiger partial charge in [-0.3, -0.25) is 4.57 Å². The highest BCUT2D eigenvalue weighted by Gasteiger charge is 2.36. The van der Waals surface area contributed by atoms with Gasteiger partial charge >= 0.3 is 6.18 Å². The molecule has 32 heavy (non-hydrogen) atoms. The third kappa shape index (κ3) is 3.83. The van der Waals surface area contributed by atoms with Crippen molar-refractivity contribution in [2.75, 3.05) is 4.90 Å². The second kappa shape index (κ2) is 8.16. The number of aryl methyl sites for hydroxylation is 1. The number of hydrogen-bond donors (Lipinski definition) is 1. The van der Waals surface area contributed by atoms with Gasteiger partial charge in [0.15, 0.2) is 11.6 Å². The van der Waals surface area contributed by atoms with Crippen LogP contribution >= 0.6 is 0 Å². The van der Waals surface area contributed by atoms with Crippen LogP contribution in [0.2, 0.25) is 0 Å². The summed E-state index contributed by atoms with van der Waals surface area (Å²) in [6, 6.07) is 4.63. The fourth-order valence-electron chi connectivity index (χ4n) is 4.18. The van der Waals surface area contributed by atoms with Crippen LogP contribution in [0.5, 0.6) is 0 Å². The monoisotopic (exact) mass is 446 g/mol. The molecule has 1 unspecified atom stereocenters. The Hall–Kier alpha value is -3.01. The number of aliphatic hydroxyl groups excluding tert-OH is 1. The van der Waals surface area contributed by atoms with Gasteiger partial charge in [-0.1, -0.05) is 19.1 Å². The fraction of sp³-hybridized carbons (Fsp3) is 0.455. The molecule has 2 atom stereocenters. The van der Waals surface area contributed by atoms with E-state index in [9.17, 15) is 18.3 Å². The van der Waals surface area contributed by atoms with Gasteiger partial charge in [0, 0.05) is 12.5 Å². The molecule has 3 heterocycles. The van der Waals surface area contributed by atoms with E-state index < -0.39 is 17.8 Å². The van der Waals surface area contributed by atoms with E-state index in [1.807, 2.05) is 11.5 Å². The lowest BCUT2D eigenvalue weighted by Crippen LogP contribution is -2.40. The minimum Gasteiger partial charge on any atom is -0.388 e. The van der Waals surface area contributed by atoms with Crippen LogP contribution in [0.1, 0.15) is 67.9 Å². The van der Waals surface area contributed by atoms with Crippen LogP contribution in [0.25, 0.3) is 5.69 Å². The maximum atomic E-state index is 12.8. The van der Waals surface area contributed by atoms with Crippen LogP contribution in [0.4, 0.5) is 19.0 Å². The highest BCUT2D eigenvalue weighted by atomic mass is 19.4. The third-order valence-electron chi connectivity index (χ3n) is 5.71. The standard InChI is InChI=1S/C22H25F3N6O/c1-5-16-21-29-28-13(4)31(21)17-11-26-19(27-20(17)30(16)12(2)3)10-18(32)14-6-8-15(9-7-14)22(23,24)25/h6-9,11-12,16,18,32H,5,10H2,1-4H3/t16-,18?/m1/s1. The Bertz CT molecular complexity index is 1110. The van der Waals surface area contributed by atoms with Crippen molar-refractivity contribution in [1.82, 2.24) is 24.7 Å². The summed E-state index contributed by atoms with van der Waals surface area (Å²) in [6.07, 6.45) is -2.86. The summed E-state index contributed by atoms with van der Waals surface area (Å²) >= 11 is 0. The van der Waals surface area contributed by atoms with Gasteiger partial charge in [0.1, 0.15) is 17.3 Å². The normalized spacial score (nSPS) is 16.8. The number of rotatable bonds is 5. The van der Waals surface area contributed by atoms with Crippen LogP contribution in [-0.4, -0.2) is 35.9 Å². The molecule has 1 aliphatic heterocycles. The van der Waals surface area contributed by atoms with E-state index in [0.717, 1.165) is 41.7 Å². The summed E-state index contributed by atoms with van der Waals surface area (Å²) in [5.74, 6) is 2.72. The average Bonchev–Trinajstić information content (AvgIpc) is 3.13. The van der Waals surface area contributed by atoms with Gasteiger partial charge < -0.3 is 10.0 Å². The van der Waals surface area contributed by atoms with E-state index in [-0.39, 0.29) is 18.5 Å². The van der Waals surface area contributed by atoms with Gasteiger partial charge in [0.2, 0.25) is 0 Å². The van der Waals surface area contributed by atoms with Crippen LogP contribution in [0.3, 0.4) is 0 Å². The minimum atomic E-state index is -4.42. The first-order valence-corrected chi connectivity index (χ1v) is 10.5. The molecule has 0 spiro atoms. The molecule has 1 aromatic carbocycles. The van der Waals surface area contributed by atoms with Crippen molar-refractivity contribution in [1.29, 1.82) is 0 Å². The highest BCUT2D eigenvalue weighted by Crippen LogP contribution is 2.40. The fourth-order valence-corrected chi connectivity index (χ4v) is 4.18. The quantitative estimate of drug-likeness (QED) is 0.628. The first kappa shape index (κ1) is 22.2. The molecule has 7 nitrogen and oxygen atoms in total. The number of anilines is 1. The number of fused-ring (bicyclic) bond motifs is 3. The number of hydrogen-bond acceptors (Lipinski definition) is 6.